The summed E-state index contributed by atoms with van der Waals surface area (Å²) in [6.45, 7) is 2.47. The summed E-state index contributed by atoms with van der Waals surface area (Å²) in [4.78, 5) is 7.73. The number of nitrogens with one attached hydrogen (secondary N) is 3. The molecule has 1 unspecified atom stereocenters. The van der Waals surface area contributed by atoms with Crippen molar-refractivity contribution in [2.45, 2.75) is 45.4 Å². The Hall–Kier alpha value is -3.23. The van der Waals surface area contributed by atoms with Crippen LogP contribution >= 0.6 is 0 Å². The zero-order valence-corrected chi connectivity index (χ0v) is 17.8. The van der Waals surface area contributed by atoms with Crippen LogP contribution in [0.1, 0.15) is 37.4 Å². The van der Waals surface area contributed by atoms with E-state index in [4.69, 9.17) is 0 Å². The van der Waals surface area contributed by atoms with Crippen molar-refractivity contribution in [3.63, 3.8) is 0 Å². The fourth-order valence-electron chi connectivity index (χ4n) is 4.24. The van der Waals surface area contributed by atoms with Crippen LogP contribution in [0.3, 0.4) is 0 Å². The minimum atomic E-state index is -0.637. The molecule has 8 heteroatoms. The molecule has 0 aliphatic heterocycles. The fraction of sp³-hybridized carbons (Fsp3) is 0.333. The highest BCUT2D eigenvalue weighted by Crippen LogP contribution is 2.33. The molecular formula is C24H26FN5O2. The molecular weight excluding hydrogens is 409 g/mol. The summed E-state index contributed by atoms with van der Waals surface area (Å²) in [7, 11) is 0. The zero-order valence-electron chi connectivity index (χ0n) is 17.8. The number of aromatic hydroxyl groups is 1. The van der Waals surface area contributed by atoms with E-state index in [1.807, 2.05) is 25.1 Å². The lowest BCUT2D eigenvalue weighted by molar-refractivity contribution is 0.0334. The number of fused-ring (bicyclic) bond motifs is 1. The van der Waals surface area contributed by atoms with Gasteiger partial charge in [0.15, 0.2) is 17.4 Å². The highest BCUT2D eigenvalue weighted by molar-refractivity contribution is 5.94. The second-order valence-electron chi connectivity index (χ2n) is 8.42. The number of H-pyrrole nitrogens is 2. The number of phenols is 1. The molecule has 4 aromatic rings. The second kappa shape index (κ2) is 8.37. The quantitative estimate of drug-likeness (QED) is 0.279. The van der Waals surface area contributed by atoms with Gasteiger partial charge in [0, 0.05) is 17.6 Å². The van der Waals surface area contributed by atoms with Crippen LogP contribution in [-0.2, 0) is 13.0 Å². The van der Waals surface area contributed by atoms with Crippen LogP contribution in [0.15, 0.2) is 36.5 Å². The van der Waals surface area contributed by atoms with Crippen LogP contribution in [0.4, 0.5) is 4.39 Å². The van der Waals surface area contributed by atoms with Gasteiger partial charge >= 0.3 is 0 Å². The van der Waals surface area contributed by atoms with Crippen LogP contribution in [-0.4, -0.2) is 36.6 Å². The molecule has 1 aliphatic carbocycles. The number of rotatable bonds is 7. The standard InChI is InChI=1S/C24H26FN5O2/c1-2-13-9-21(31)19(25)10-18(13)15-6-7-17-20(8-15)29-30-22(17)23-26-11-16(28-23)12-27-24(32)14-4-3-5-14/h6-11,14,24,27,31-32H,2-5,12H2,1H3,(H,26,28)(H,29,30). The van der Waals surface area contributed by atoms with Crippen LogP contribution < -0.4 is 5.32 Å². The molecule has 5 rings (SSSR count). The van der Waals surface area contributed by atoms with E-state index >= 15 is 0 Å². The summed E-state index contributed by atoms with van der Waals surface area (Å²) in [6, 6.07) is 8.64. The number of aromatic nitrogens is 4. The molecule has 32 heavy (non-hydrogen) atoms. The number of imidazole rings is 1. The fourth-order valence-corrected chi connectivity index (χ4v) is 4.24. The summed E-state index contributed by atoms with van der Waals surface area (Å²) in [5, 5.41) is 31.4. The van der Waals surface area contributed by atoms with E-state index in [9.17, 15) is 14.6 Å². The number of aromatic amines is 2. The number of benzene rings is 2. The number of aliphatic hydroxyl groups is 1. The van der Waals surface area contributed by atoms with Crippen LogP contribution in [0.2, 0.25) is 0 Å². The lowest BCUT2D eigenvalue weighted by Gasteiger charge is -2.30. The van der Waals surface area contributed by atoms with Crippen molar-refractivity contribution in [3.05, 3.63) is 53.6 Å². The van der Waals surface area contributed by atoms with E-state index in [-0.39, 0.29) is 5.75 Å². The Morgan fingerprint density at radius 2 is 2.09 bits per heavy atom. The SMILES string of the molecule is CCc1cc(O)c(F)cc1-c1ccc2c(-c3ncc(CNC(O)C4CCC4)[nH]3)n[nH]c2c1. The van der Waals surface area contributed by atoms with Crippen molar-refractivity contribution < 1.29 is 14.6 Å². The monoisotopic (exact) mass is 435 g/mol. The van der Waals surface area contributed by atoms with Crippen LogP contribution in [0, 0.1) is 11.7 Å². The van der Waals surface area contributed by atoms with Gasteiger partial charge in [-0.25, -0.2) is 9.37 Å². The topological polar surface area (TPSA) is 110 Å². The van der Waals surface area contributed by atoms with Gasteiger partial charge in [-0.2, -0.15) is 5.10 Å². The number of hydrogen-bond donors (Lipinski definition) is 5. The molecule has 2 aromatic heterocycles. The molecule has 0 amide bonds. The van der Waals surface area contributed by atoms with Gasteiger partial charge in [-0.15, -0.1) is 0 Å². The first-order chi connectivity index (χ1) is 15.5. The Morgan fingerprint density at radius 1 is 1.25 bits per heavy atom. The summed E-state index contributed by atoms with van der Waals surface area (Å²) >= 11 is 0. The molecule has 166 valence electrons. The maximum atomic E-state index is 14.0. The summed E-state index contributed by atoms with van der Waals surface area (Å²) < 4.78 is 14.0. The van der Waals surface area contributed by atoms with E-state index in [1.54, 1.807) is 6.20 Å². The Kier molecular flexibility index (Phi) is 5.40. The molecule has 2 heterocycles. The van der Waals surface area contributed by atoms with Gasteiger partial charge in [0.2, 0.25) is 0 Å². The van der Waals surface area contributed by atoms with Gasteiger partial charge in [-0.3, -0.25) is 10.4 Å². The van der Waals surface area contributed by atoms with Crippen molar-refractivity contribution in [2.24, 2.45) is 5.92 Å². The van der Waals surface area contributed by atoms with E-state index in [0.29, 0.717) is 30.4 Å². The molecule has 1 saturated carbocycles. The summed E-state index contributed by atoms with van der Waals surface area (Å²) in [6.07, 6.45) is 5.26. The molecule has 2 aromatic carbocycles. The maximum absolute atomic E-state index is 14.0. The minimum Gasteiger partial charge on any atom is -0.505 e. The van der Waals surface area contributed by atoms with Gasteiger partial charge in [-0.05, 0) is 66.1 Å². The number of halogens is 1. The molecule has 0 bridgehead atoms. The number of aliphatic hydroxyl groups excluding tert-OH is 1. The lowest BCUT2D eigenvalue weighted by atomic mass is 9.84. The predicted molar refractivity (Wildman–Crippen MR) is 120 cm³/mol. The molecule has 7 nitrogen and oxygen atoms in total. The van der Waals surface area contributed by atoms with Gasteiger partial charge in [-0.1, -0.05) is 19.4 Å². The van der Waals surface area contributed by atoms with Crippen LogP contribution in [0.25, 0.3) is 33.5 Å². The maximum Gasteiger partial charge on any atom is 0.165 e. The third-order valence-electron chi connectivity index (χ3n) is 6.38. The van der Waals surface area contributed by atoms with Gasteiger partial charge in [0.25, 0.3) is 0 Å². The van der Waals surface area contributed by atoms with E-state index in [2.05, 4.69) is 25.5 Å². The summed E-state index contributed by atoms with van der Waals surface area (Å²) in [5.74, 6) is 0.0154. The van der Waals surface area contributed by atoms with Crippen molar-refractivity contribution in [1.29, 1.82) is 0 Å². The van der Waals surface area contributed by atoms with Crippen molar-refractivity contribution in [3.8, 4) is 28.4 Å². The second-order valence-corrected chi connectivity index (χ2v) is 8.42. The molecule has 1 aliphatic rings. The number of aryl methyl sites for hydroxylation is 1. The average Bonchev–Trinajstić information content (AvgIpc) is 3.38. The highest BCUT2D eigenvalue weighted by atomic mass is 19.1. The Bertz CT molecular complexity index is 1260. The molecule has 1 fully saturated rings. The normalized spacial score (nSPS) is 15.2. The zero-order chi connectivity index (χ0) is 22.2. The van der Waals surface area contributed by atoms with Crippen molar-refractivity contribution >= 4 is 10.9 Å². The van der Waals surface area contributed by atoms with Gasteiger partial charge in [0.05, 0.1) is 11.7 Å². The smallest absolute Gasteiger partial charge is 0.165 e. The molecule has 1 atom stereocenters. The Morgan fingerprint density at radius 3 is 2.84 bits per heavy atom. The van der Waals surface area contributed by atoms with E-state index < -0.39 is 12.0 Å². The molecule has 0 saturated heterocycles. The molecule has 0 radical (unpaired) electrons. The largest absolute Gasteiger partial charge is 0.505 e. The predicted octanol–water partition coefficient (Wildman–Crippen LogP) is 4.24. The Balaban J connectivity index is 1.39. The first-order valence-corrected chi connectivity index (χ1v) is 11.0. The van der Waals surface area contributed by atoms with Crippen molar-refractivity contribution in [1.82, 2.24) is 25.5 Å². The highest BCUT2D eigenvalue weighted by Gasteiger charge is 2.25. The molecule has 5 N–H and O–H groups in total. The first-order valence-electron chi connectivity index (χ1n) is 11.0. The third-order valence-corrected chi connectivity index (χ3v) is 6.38. The average molecular weight is 436 g/mol. The van der Waals surface area contributed by atoms with E-state index in [0.717, 1.165) is 46.1 Å². The molecule has 0 spiro atoms. The third kappa shape index (κ3) is 3.76. The van der Waals surface area contributed by atoms with Crippen LogP contribution in [0.5, 0.6) is 5.75 Å². The van der Waals surface area contributed by atoms with Gasteiger partial charge < -0.3 is 15.2 Å². The first kappa shape index (κ1) is 20.7. The number of nitrogens with zero attached hydrogens (tertiary/aromatic N) is 2. The number of phenolic OH excluding ortho intramolecular Hbond substituents is 1. The number of hydrogen-bond acceptors (Lipinski definition) is 5. The minimum absolute atomic E-state index is 0.334. The lowest BCUT2D eigenvalue weighted by Crippen LogP contribution is -2.38. The van der Waals surface area contributed by atoms with Crippen molar-refractivity contribution in [2.75, 3.05) is 0 Å². The van der Waals surface area contributed by atoms with E-state index in [1.165, 1.54) is 18.6 Å². The summed E-state index contributed by atoms with van der Waals surface area (Å²) in [5.41, 5.74) is 4.85. The van der Waals surface area contributed by atoms with Gasteiger partial charge in [0.1, 0.15) is 11.9 Å². The Labute approximate surface area is 184 Å².